The van der Waals surface area contributed by atoms with Crippen LogP contribution in [0, 0.1) is 5.92 Å². The van der Waals surface area contributed by atoms with Gasteiger partial charge in [-0.25, -0.2) is 0 Å². The summed E-state index contributed by atoms with van der Waals surface area (Å²) in [6.45, 7) is 3.82. The van der Waals surface area contributed by atoms with Crippen LogP contribution in [-0.4, -0.2) is 40.5 Å². The molecule has 2 rings (SSSR count). The van der Waals surface area contributed by atoms with E-state index in [1.54, 1.807) is 17.1 Å². The highest BCUT2D eigenvalue weighted by Gasteiger charge is 2.29. The monoisotopic (exact) mass is 293 g/mol. The summed E-state index contributed by atoms with van der Waals surface area (Å²) in [5, 5.41) is 0.307. The zero-order chi connectivity index (χ0) is 14.4. The van der Waals surface area contributed by atoms with E-state index in [1.807, 2.05) is 19.1 Å². The lowest BCUT2D eigenvalue weighted by atomic mass is 10.0. The standard InChI is InChI=1S/C14H16ClN3O2/c1-2-3-4-5-14(19)18-8-11(9-18)10-20-13-7-16-6-12(15)17-13/h2-7,11H,8-10H2,1H3/b3-2+,5-4+. The minimum Gasteiger partial charge on any atom is -0.476 e. The minimum atomic E-state index is 0.0295. The van der Waals surface area contributed by atoms with Crippen LogP contribution in [0.1, 0.15) is 6.92 Å². The number of amides is 1. The molecule has 0 spiro atoms. The molecule has 2 heterocycles. The Bertz CT molecular complexity index is 525. The maximum Gasteiger partial charge on any atom is 0.246 e. The van der Waals surface area contributed by atoms with E-state index < -0.39 is 0 Å². The number of nitrogens with zero attached hydrogens (tertiary/aromatic N) is 3. The molecule has 0 saturated carbocycles. The molecule has 106 valence electrons. The third kappa shape index (κ3) is 4.06. The first kappa shape index (κ1) is 14.5. The Morgan fingerprint density at radius 1 is 1.50 bits per heavy atom. The van der Waals surface area contributed by atoms with Gasteiger partial charge in [-0.1, -0.05) is 29.8 Å². The fourth-order valence-electron chi connectivity index (χ4n) is 1.81. The van der Waals surface area contributed by atoms with Crippen molar-refractivity contribution in [3.63, 3.8) is 0 Å². The Kier molecular flexibility index (Phi) is 5.12. The number of hydrogen-bond acceptors (Lipinski definition) is 4. The molecule has 1 amide bonds. The van der Waals surface area contributed by atoms with Crippen molar-refractivity contribution in [2.75, 3.05) is 19.7 Å². The second-order valence-electron chi connectivity index (χ2n) is 4.49. The third-order valence-corrected chi connectivity index (χ3v) is 3.04. The molecule has 0 N–H and O–H groups in total. The number of halogens is 1. The molecule has 1 aromatic rings. The lowest BCUT2D eigenvalue weighted by molar-refractivity contribution is -0.132. The van der Waals surface area contributed by atoms with Gasteiger partial charge >= 0.3 is 0 Å². The Hall–Kier alpha value is -1.88. The van der Waals surface area contributed by atoms with Crippen LogP contribution >= 0.6 is 11.6 Å². The van der Waals surface area contributed by atoms with Crippen LogP contribution in [0.15, 0.2) is 36.7 Å². The molecule has 0 radical (unpaired) electrons. The quantitative estimate of drug-likeness (QED) is 0.616. The van der Waals surface area contributed by atoms with Crippen LogP contribution in [0.5, 0.6) is 5.88 Å². The maximum absolute atomic E-state index is 11.7. The summed E-state index contributed by atoms with van der Waals surface area (Å²) in [4.78, 5) is 21.3. The lowest BCUT2D eigenvalue weighted by Gasteiger charge is -2.38. The first-order valence-corrected chi connectivity index (χ1v) is 6.75. The van der Waals surface area contributed by atoms with Crippen LogP contribution in [0.4, 0.5) is 0 Å². The molecule has 1 saturated heterocycles. The van der Waals surface area contributed by atoms with Gasteiger partial charge in [-0.2, -0.15) is 4.98 Å². The predicted molar refractivity (Wildman–Crippen MR) is 76.6 cm³/mol. The van der Waals surface area contributed by atoms with Gasteiger partial charge in [0.25, 0.3) is 0 Å². The van der Waals surface area contributed by atoms with Crippen LogP contribution in [-0.2, 0) is 4.79 Å². The van der Waals surface area contributed by atoms with Crippen LogP contribution < -0.4 is 4.74 Å². The van der Waals surface area contributed by atoms with Gasteiger partial charge in [-0.15, -0.1) is 0 Å². The molecule has 20 heavy (non-hydrogen) atoms. The summed E-state index contributed by atoms with van der Waals surface area (Å²) in [5.41, 5.74) is 0. The second-order valence-corrected chi connectivity index (χ2v) is 4.87. The summed E-state index contributed by atoms with van der Waals surface area (Å²) < 4.78 is 5.49. The molecular formula is C14H16ClN3O2. The van der Waals surface area contributed by atoms with Gasteiger partial charge in [-0.05, 0) is 6.92 Å². The summed E-state index contributed by atoms with van der Waals surface area (Å²) in [6.07, 6.45) is 9.99. The van der Waals surface area contributed by atoms with Crippen molar-refractivity contribution in [3.05, 3.63) is 41.9 Å². The molecule has 0 aliphatic carbocycles. The molecule has 5 nitrogen and oxygen atoms in total. The van der Waals surface area contributed by atoms with Crippen LogP contribution in [0.25, 0.3) is 0 Å². The molecular weight excluding hydrogens is 278 g/mol. The number of aromatic nitrogens is 2. The van der Waals surface area contributed by atoms with Crippen molar-refractivity contribution >= 4 is 17.5 Å². The zero-order valence-corrected chi connectivity index (χ0v) is 12.0. The first-order valence-electron chi connectivity index (χ1n) is 6.37. The van der Waals surface area contributed by atoms with Crippen molar-refractivity contribution in [1.82, 2.24) is 14.9 Å². The van der Waals surface area contributed by atoms with Crippen molar-refractivity contribution < 1.29 is 9.53 Å². The summed E-state index contributed by atoms with van der Waals surface area (Å²) in [5.74, 6) is 0.770. The fraction of sp³-hybridized carbons (Fsp3) is 0.357. The number of hydrogen-bond donors (Lipinski definition) is 0. The highest BCUT2D eigenvalue weighted by molar-refractivity contribution is 6.29. The predicted octanol–water partition coefficient (Wildman–Crippen LogP) is 2.10. The molecule has 0 bridgehead atoms. The van der Waals surface area contributed by atoms with Gasteiger partial charge < -0.3 is 9.64 Å². The topological polar surface area (TPSA) is 55.3 Å². The normalized spacial score (nSPS) is 15.8. The molecule has 1 aromatic heterocycles. The van der Waals surface area contributed by atoms with Crippen LogP contribution in [0.2, 0.25) is 5.15 Å². The van der Waals surface area contributed by atoms with E-state index in [4.69, 9.17) is 16.3 Å². The van der Waals surface area contributed by atoms with Crippen molar-refractivity contribution in [1.29, 1.82) is 0 Å². The molecule has 0 atom stereocenters. The highest BCUT2D eigenvalue weighted by atomic mass is 35.5. The smallest absolute Gasteiger partial charge is 0.246 e. The average molecular weight is 294 g/mol. The number of carbonyl (C=O) groups excluding carboxylic acids is 1. The van der Waals surface area contributed by atoms with Crippen molar-refractivity contribution in [3.8, 4) is 5.88 Å². The van der Waals surface area contributed by atoms with Gasteiger partial charge in [0.2, 0.25) is 11.8 Å². The second kappa shape index (κ2) is 7.05. The fourth-order valence-corrected chi connectivity index (χ4v) is 1.95. The minimum absolute atomic E-state index is 0.0295. The number of ether oxygens (including phenoxy) is 1. The number of carbonyl (C=O) groups is 1. The third-order valence-electron chi connectivity index (χ3n) is 2.86. The molecule has 1 aliphatic heterocycles. The molecule has 0 unspecified atom stereocenters. The van der Waals surface area contributed by atoms with E-state index in [1.165, 1.54) is 12.4 Å². The van der Waals surface area contributed by atoms with E-state index in [-0.39, 0.29) is 5.91 Å². The lowest BCUT2D eigenvalue weighted by Crippen LogP contribution is -2.51. The summed E-state index contributed by atoms with van der Waals surface area (Å²) >= 11 is 5.71. The first-order chi connectivity index (χ1) is 9.69. The zero-order valence-electron chi connectivity index (χ0n) is 11.2. The van der Waals surface area contributed by atoms with Crippen LogP contribution in [0.3, 0.4) is 0 Å². The number of rotatable bonds is 5. The van der Waals surface area contributed by atoms with Gasteiger partial charge in [-0.3, -0.25) is 9.78 Å². The highest BCUT2D eigenvalue weighted by Crippen LogP contribution is 2.18. The largest absolute Gasteiger partial charge is 0.476 e. The maximum atomic E-state index is 11.7. The van der Waals surface area contributed by atoms with E-state index in [0.29, 0.717) is 36.6 Å². The van der Waals surface area contributed by atoms with E-state index >= 15 is 0 Å². The summed E-state index contributed by atoms with van der Waals surface area (Å²) in [7, 11) is 0. The molecule has 0 aromatic carbocycles. The Labute approximate surface area is 122 Å². The molecule has 1 fully saturated rings. The number of allylic oxidation sites excluding steroid dienone is 3. The Morgan fingerprint density at radius 2 is 2.30 bits per heavy atom. The van der Waals surface area contributed by atoms with Gasteiger partial charge in [0.15, 0.2) is 5.15 Å². The number of likely N-dealkylation sites (tertiary alicyclic amines) is 1. The molecule has 6 heteroatoms. The van der Waals surface area contributed by atoms with Gasteiger partial charge in [0, 0.05) is 25.1 Å². The van der Waals surface area contributed by atoms with Crippen molar-refractivity contribution in [2.45, 2.75) is 6.92 Å². The van der Waals surface area contributed by atoms with Gasteiger partial charge in [0.05, 0.1) is 19.0 Å². The van der Waals surface area contributed by atoms with Gasteiger partial charge in [0.1, 0.15) is 0 Å². The van der Waals surface area contributed by atoms with E-state index in [0.717, 1.165) is 0 Å². The average Bonchev–Trinajstić information content (AvgIpc) is 2.37. The Morgan fingerprint density at radius 3 is 3.00 bits per heavy atom. The SMILES string of the molecule is C/C=C/C=C/C(=O)N1CC(COc2cncc(Cl)n2)C1. The van der Waals surface area contributed by atoms with E-state index in [2.05, 4.69) is 9.97 Å². The molecule has 1 aliphatic rings. The van der Waals surface area contributed by atoms with E-state index in [9.17, 15) is 4.79 Å². The Balaban J connectivity index is 1.70. The summed E-state index contributed by atoms with van der Waals surface area (Å²) in [6, 6.07) is 0. The van der Waals surface area contributed by atoms with Crippen molar-refractivity contribution in [2.24, 2.45) is 5.92 Å².